The van der Waals surface area contributed by atoms with Gasteiger partial charge in [0.05, 0.1) is 23.8 Å². The monoisotopic (exact) mass is 399 g/mol. The molecule has 0 spiro atoms. The summed E-state index contributed by atoms with van der Waals surface area (Å²) in [7, 11) is 0. The Morgan fingerprint density at radius 1 is 1.07 bits per heavy atom. The molecule has 0 aromatic heterocycles. The van der Waals surface area contributed by atoms with Crippen molar-refractivity contribution in [2.24, 2.45) is 0 Å². The number of carbonyl (C=O) groups is 1. The number of aromatic hydroxyl groups is 1. The van der Waals surface area contributed by atoms with E-state index in [1.54, 1.807) is 42.5 Å². The van der Waals surface area contributed by atoms with Crippen LogP contribution in [0.4, 0.5) is 0 Å². The number of phenols is 1. The molecule has 150 valence electrons. The van der Waals surface area contributed by atoms with Crippen LogP contribution in [0.3, 0.4) is 0 Å². The molecule has 0 unspecified atom stereocenters. The predicted octanol–water partition coefficient (Wildman–Crippen LogP) is 4.95. The van der Waals surface area contributed by atoms with Gasteiger partial charge in [-0.1, -0.05) is 48.5 Å². The summed E-state index contributed by atoms with van der Waals surface area (Å²) >= 11 is 0. The first-order valence-corrected chi connectivity index (χ1v) is 9.50. The quantitative estimate of drug-likeness (QED) is 0.346. The minimum atomic E-state index is -0.491. The Kier molecular flexibility index (Phi) is 6.86. The Hall–Kier alpha value is -4.04. The molecule has 1 N–H and O–H groups in total. The van der Waals surface area contributed by atoms with Crippen molar-refractivity contribution in [2.75, 3.05) is 6.61 Å². The summed E-state index contributed by atoms with van der Waals surface area (Å²) < 4.78 is 11.0. The summed E-state index contributed by atoms with van der Waals surface area (Å²) in [4.78, 5) is 12.9. The zero-order chi connectivity index (χ0) is 21.3. The van der Waals surface area contributed by atoms with Crippen LogP contribution in [-0.4, -0.2) is 17.7 Å². The van der Waals surface area contributed by atoms with Gasteiger partial charge in [-0.15, -0.1) is 0 Å². The van der Waals surface area contributed by atoms with Crippen LogP contribution in [0.25, 0.3) is 11.6 Å². The molecular formula is C25H21NO4. The van der Waals surface area contributed by atoms with Gasteiger partial charge in [-0.2, -0.15) is 5.26 Å². The minimum absolute atomic E-state index is 0.0372. The maximum Gasteiger partial charge on any atom is 0.339 e. The molecule has 5 nitrogen and oxygen atoms in total. The fourth-order valence-electron chi connectivity index (χ4n) is 2.89. The lowest BCUT2D eigenvalue weighted by Crippen LogP contribution is -2.07. The van der Waals surface area contributed by atoms with Gasteiger partial charge in [0, 0.05) is 0 Å². The van der Waals surface area contributed by atoms with Crippen LogP contribution in [-0.2, 0) is 16.1 Å². The minimum Gasteiger partial charge on any atom is -0.504 e. The summed E-state index contributed by atoms with van der Waals surface area (Å²) in [5.74, 6) is -0.106. The number of ether oxygens (including phenoxy) is 2. The van der Waals surface area contributed by atoms with Gasteiger partial charge in [-0.05, 0) is 54.0 Å². The van der Waals surface area contributed by atoms with Gasteiger partial charge in [0.25, 0.3) is 0 Å². The van der Waals surface area contributed by atoms with Gasteiger partial charge in [0.15, 0.2) is 11.5 Å². The number of phenolic OH excluding ortho intramolecular Hbond substituents is 1. The number of hydrogen-bond acceptors (Lipinski definition) is 5. The van der Waals surface area contributed by atoms with Crippen molar-refractivity contribution in [2.45, 2.75) is 13.5 Å². The van der Waals surface area contributed by atoms with Crippen molar-refractivity contribution >= 4 is 17.6 Å². The molecule has 30 heavy (non-hydrogen) atoms. The molecule has 0 saturated carbocycles. The summed E-state index contributed by atoms with van der Waals surface area (Å²) in [6, 6.07) is 23.1. The van der Waals surface area contributed by atoms with Gasteiger partial charge >= 0.3 is 5.97 Å². The van der Waals surface area contributed by atoms with Crippen LogP contribution in [0, 0.1) is 11.3 Å². The van der Waals surface area contributed by atoms with Crippen molar-refractivity contribution in [1.82, 2.24) is 0 Å². The van der Waals surface area contributed by atoms with Crippen molar-refractivity contribution in [3.05, 3.63) is 95.1 Å². The van der Waals surface area contributed by atoms with Crippen LogP contribution >= 0.6 is 0 Å². The number of benzene rings is 3. The molecule has 0 fully saturated rings. The molecule has 0 bridgehead atoms. The Labute approximate surface area is 175 Å². The molecule has 0 aliphatic rings. The van der Waals surface area contributed by atoms with E-state index in [2.05, 4.69) is 6.07 Å². The van der Waals surface area contributed by atoms with Gasteiger partial charge < -0.3 is 14.6 Å². The fourth-order valence-corrected chi connectivity index (χ4v) is 2.89. The fraction of sp³-hybridized carbons (Fsp3) is 0.120. The van der Waals surface area contributed by atoms with Gasteiger partial charge in [-0.25, -0.2) is 4.79 Å². The maximum absolute atomic E-state index is 12.9. The van der Waals surface area contributed by atoms with E-state index >= 15 is 0 Å². The summed E-state index contributed by atoms with van der Waals surface area (Å²) in [6.45, 7) is 2.30. The molecule has 0 aliphatic carbocycles. The van der Waals surface area contributed by atoms with Crippen molar-refractivity contribution in [1.29, 1.82) is 5.26 Å². The standard InChI is InChI=1S/C25H21NO4/c1-2-29-24-15-18(11-12-23(24)27)14-22(21-9-4-3-5-10-21)25(28)30-17-20-8-6-7-19(13-20)16-26/h3-15,27H,2,17H2,1H3/b22-14+. The Morgan fingerprint density at radius 3 is 2.60 bits per heavy atom. The van der Waals surface area contributed by atoms with Crippen molar-refractivity contribution in [3.8, 4) is 17.6 Å². The molecule has 0 heterocycles. The topological polar surface area (TPSA) is 79.5 Å². The second kappa shape index (κ2) is 9.94. The average Bonchev–Trinajstić information content (AvgIpc) is 2.78. The lowest BCUT2D eigenvalue weighted by atomic mass is 10.0. The molecule has 0 atom stereocenters. The highest BCUT2D eigenvalue weighted by atomic mass is 16.5. The molecule has 0 aliphatic heterocycles. The number of rotatable bonds is 7. The normalized spacial score (nSPS) is 10.9. The molecular weight excluding hydrogens is 378 g/mol. The van der Waals surface area contributed by atoms with Crippen LogP contribution in [0.2, 0.25) is 0 Å². The molecule has 3 aromatic carbocycles. The average molecular weight is 399 g/mol. The largest absolute Gasteiger partial charge is 0.504 e. The molecule has 0 amide bonds. The van der Waals surface area contributed by atoms with E-state index in [4.69, 9.17) is 14.7 Å². The zero-order valence-corrected chi connectivity index (χ0v) is 16.5. The molecule has 0 radical (unpaired) electrons. The molecule has 3 rings (SSSR count). The summed E-state index contributed by atoms with van der Waals surface area (Å²) in [6.07, 6.45) is 1.70. The summed E-state index contributed by atoms with van der Waals surface area (Å²) in [5, 5.41) is 18.9. The highest BCUT2D eigenvalue weighted by Gasteiger charge is 2.15. The van der Waals surface area contributed by atoms with Crippen LogP contribution < -0.4 is 4.74 Å². The maximum atomic E-state index is 12.9. The SMILES string of the molecule is CCOc1cc(/C=C(/C(=O)OCc2cccc(C#N)c2)c2ccccc2)ccc1O. The number of carbonyl (C=O) groups excluding carboxylic acids is 1. The van der Waals surface area contributed by atoms with Crippen LogP contribution in [0.5, 0.6) is 11.5 Å². The number of nitriles is 1. The van der Waals surface area contributed by atoms with E-state index in [0.29, 0.717) is 34.6 Å². The van der Waals surface area contributed by atoms with E-state index in [0.717, 1.165) is 5.56 Å². The third kappa shape index (κ3) is 5.27. The first kappa shape index (κ1) is 20.7. The zero-order valence-electron chi connectivity index (χ0n) is 16.5. The molecule has 0 saturated heterocycles. The Morgan fingerprint density at radius 2 is 1.87 bits per heavy atom. The van der Waals surface area contributed by atoms with E-state index in [1.807, 2.05) is 37.3 Å². The van der Waals surface area contributed by atoms with Crippen molar-refractivity contribution < 1.29 is 19.4 Å². The third-order valence-electron chi connectivity index (χ3n) is 4.33. The van der Waals surface area contributed by atoms with E-state index < -0.39 is 5.97 Å². The van der Waals surface area contributed by atoms with Gasteiger partial charge in [-0.3, -0.25) is 0 Å². The number of esters is 1. The first-order valence-electron chi connectivity index (χ1n) is 9.50. The Bertz CT molecular complexity index is 1100. The smallest absolute Gasteiger partial charge is 0.339 e. The lowest BCUT2D eigenvalue weighted by Gasteiger charge is -2.11. The third-order valence-corrected chi connectivity index (χ3v) is 4.33. The van der Waals surface area contributed by atoms with Crippen molar-refractivity contribution in [3.63, 3.8) is 0 Å². The predicted molar refractivity (Wildman–Crippen MR) is 115 cm³/mol. The second-order valence-corrected chi connectivity index (χ2v) is 6.47. The lowest BCUT2D eigenvalue weighted by molar-refractivity contribution is -0.137. The van der Waals surface area contributed by atoms with E-state index in [-0.39, 0.29) is 12.4 Å². The highest BCUT2D eigenvalue weighted by Crippen LogP contribution is 2.29. The second-order valence-electron chi connectivity index (χ2n) is 6.47. The van der Waals surface area contributed by atoms with Crippen LogP contribution in [0.1, 0.15) is 29.2 Å². The van der Waals surface area contributed by atoms with E-state index in [9.17, 15) is 9.90 Å². The molecule has 3 aromatic rings. The van der Waals surface area contributed by atoms with Crippen LogP contribution in [0.15, 0.2) is 72.8 Å². The molecule has 5 heteroatoms. The highest BCUT2D eigenvalue weighted by molar-refractivity contribution is 6.21. The first-order chi connectivity index (χ1) is 14.6. The van der Waals surface area contributed by atoms with Gasteiger partial charge in [0.1, 0.15) is 6.61 Å². The number of hydrogen-bond donors (Lipinski definition) is 1. The van der Waals surface area contributed by atoms with Gasteiger partial charge in [0.2, 0.25) is 0 Å². The summed E-state index contributed by atoms with van der Waals surface area (Å²) in [5.41, 5.74) is 3.02. The van der Waals surface area contributed by atoms with E-state index in [1.165, 1.54) is 6.07 Å². The number of nitrogens with zero attached hydrogens (tertiary/aromatic N) is 1. The Balaban J connectivity index is 1.89.